The Balaban J connectivity index is 1.88. The number of rotatable bonds is 7. The first-order chi connectivity index (χ1) is 9.24. The summed E-state index contributed by atoms with van der Waals surface area (Å²) in [6.07, 6.45) is 4.55. The topological polar surface area (TPSA) is 54.0 Å². The predicted molar refractivity (Wildman–Crippen MR) is 77.3 cm³/mol. The van der Waals surface area contributed by atoms with Crippen LogP contribution in [0.4, 0.5) is 5.82 Å². The quantitative estimate of drug-likeness (QED) is 0.793. The molecule has 0 spiro atoms. The van der Waals surface area contributed by atoms with Gasteiger partial charge in [0.05, 0.1) is 0 Å². The van der Waals surface area contributed by atoms with Crippen LogP contribution in [0.15, 0.2) is 18.2 Å². The van der Waals surface area contributed by atoms with E-state index in [2.05, 4.69) is 29.5 Å². The molecule has 2 rings (SSSR count). The Morgan fingerprint density at radius 2 is 2.21 bits per heavy atom. The zero-order chi connectivity index (χ0) is 13.7. The molecule has 1 heterocycles. The number of hydrogen-bond acceptors (Lipinski definition) is 3. The molecule has 4 nitrogen and oxygen atoms in total. The second-order valence-corrected chi connectivity index (χ2v) is 5.20. The number of nitrogens with zero attached hydrogens (tertiary/aromatic N) is 1. The summed E-state index contributed by atoms with van der Waals surface area (Å²) in [5.41, 5.74) is 0.503. The summed E-state index contributed by atoms with van der Waals surface area (Å²) in [4.78, 5) is 16.4. The molecule has 1 aromatic heterocycles. The standard InChI is InChI=1S/C15H23N3O/c1-3-6-11-10-13(11)18-15(19)12-7-5-8-14(17-12)16-9-4-2/h5,7-8,11,13H,3-4,6,9-10H2,1-2H3,(H,16,17)(H,18,19). The first-order valence-corrected chi connectivity index (χ1v) is 7.26. The summed E-state index contributed by atoms with van der Waals surface area (Å²) < 4.78 is 0. The number of pyridine rings is 1. The highest BCUT2D eigenvalue weighted by Crippen LogP contribution is 2.34. The summed E-state index contributed by atoms with van der Waals surface area (Å²) in [5.74, 6) is 1.40. The highest BCUT2D eigenvalue weighted by Gasteiger charge is 2.37. The maximum atomic E-state index is 12.1. The molecule has 1 aromatic rings. The maximum absolute atomic E-state index is 12.1. The van der Waals surface area contributed by atoms with E-state index in [0.717, 1.165) is 25.2 Å². The molecule has 1 saturated carbocycles. The van der Waals surface area contributed by atoms with E-state index >= 15 is 0 Å². The van der Waals surface area contributed by atoms with Gasteiger partial charge in [0.1, 0.15) is 11.5 Å². The van der Waals surface area contributed by atoms with Crippen LogP contribution in [-0.4, -0.2) is 23.5 Å². The molecule has 2 N–H and O–H groups in total. The summed E-state index contributed by atoms with van der Waals surface area (Å²) in [6.45, 7) is 5.16. The van der Waals surface area contributed by atoms with Crippen molar-refractivity contribution in [2.24, 2.45) is 5.92 Å². The minimum absolute atomic E-state index is 0.0521. The van der Waals surface area contributed by atoms with Gasteiger partial charge < -0.3 is 10.6 Å². The molecule has 104 valence electrons. The van der Waals surface area contributed by atoms with Crippen LogP contribution in [0.3, 0.4) is 0 Å². The van der Waals surface area contributed by atoms with Crippen LogP contribution in [0.1, 0.15) is 50.0 Å². The second-order valence-electron chi connectivity index (χ2n) is 5.20. The number of carbonyl (C=O) groups excluding carboxylic acids is 1. The van der Waals surface area contributed by atoms with Crippen LogP contribution in [0, 0.1) is 5.92 Å². The number of hydrogen-bond donors (Lipinski definition) is 2. The first kappa shape index (κ1) is 13.8. The Hall–Kier alpha value is -1.58. The number of carbonyl (C=O) groups is 1. The van der Waals surface area contributed by atoms with Gasteiger partial charge in [0.2, 0.25) is 0 Å². The van der Waals surface area contributed by atoms with Gasteiger partial charge in [-0.25, -0.2) is 4.98 Å². The lowest BCUT2D eigenvalue weighted by atomic mass is 10.2. The smallest absolute Gasteiger partial charge is 0.270 e. The molecule has 0 radical (unpaired) electrons. The molecule has 1 aliphatic rings. The molecule has 0 bridgehead atoms. The normalized spacial score (nSPS) is 20.9. The van der Waals surface area contributed by atoms with Crippen molar-refractivity contribution in [3.05, 3.63) is 23.9 Å². The minimum atomic E-state index is -0.0521. The fourth-order valence-corrected chi connectivity index (χ4v) is 2.27. The SMILES string of the molecule is CCCNc1cccc(C(=O)NC2CC2CCC)n1. The minimum Gasteiger partial charge on any atom is -0.370 e. The van der Waals surface area contributed by atoms with E-state index in [4.69, 9.17) is 0 Å². The van der Waals surface area contributed by atoms with E-state index in [1.165, 1.54) is 12.8 Å². The lowest BCUT2D eigenvalue weighted by molar-refractivity contribution is 0.0944. The van der Waals surface area contributed by atoms with Gasteiger partial charge in [-0.15, -0.1) is 0 Å². The fraction of sp³-hybridized carbons (Fsp3) is 0.600. The third kappa shape index (κ3) is 3.94. The Morgan fingerprint density at radius 3 is 2.95 bits per heavy atom. The molecule has 0 aromatic carbocycles. The van der Waals surface area contributed by atoms with Gasteiger partial charge in [-0.3, -0.25) is 4.79 Å². The van der Waals surface area contributed by atoms with Crippen molar-refractivity contribution in [2.75, 3.05) is 11.9 Å². The molecular weight excluding hydrogens is 238 g/mol. The van der Waals surface area contributed by atoms with Gasteiger partial charge in [-0.1, -0.05) is 26.3 Å². The summed E-state index contributed by atoms with van der Waals surface area (Å²) >= 11 is 0. The Bertz CT molecular complexity index is 433. The van der Waals surface area contributed by atoms with E-state index in [1.807, 2.05) is 12.1 Å². The number of aromatic nitrogens is 1. The Kier molecular flexibility index (Phi) is 4.77. The number of nitrogens with one attached hydrogen (secondary N) is 2. The van der Waals surface area contributed by atoms with E-state index in [9.17, 15) is 4.79 Å². The zero-order valence-electron chi connectivity index (χ0n) is 11.8. The summed E-state index contributed by atoms with van der Waals surface area (Å²) in [6, 6.07) is 5.89. The zero-order valence-corrected chi connectivity index (χ0v) is 11.8. The van der Waals surface area contributed by atoms with Crippen molar-refractivity contribution in [3.63, 3.8) is 0 Å². The molecule has 4 heteroatoms. The van der Waals surface area contributed by atoms with Crippen LogP contribution >= 0.6 is 0 Å². The van der Waals surface area contributed by atoms with Crippen LogP contribution in [0.5, 0.6) is 0 Å². The van der Waals surface area contributed by atoms with Crippen molar-refractivity contribution in [2.45, 2.75) is 45.6 Å². The highest BCUT2D eigenvalue weighted by atomic mass is 16.2. The molecule has 0 saturated heterocycles. The van der Waals surface area contributed by atoms with Gasteiger partial charge in [0.25, 0.3) is 5.91 Å². The highest BCUT2D eigenvalue weighted by molar-refractivity contribution is 5.93. The van der Waals surface area contributed by atoms with Crippen LogP contribution < -0.4 is 10.6 Å². The van der Waals surface area contributed by atoms with Crippen LogP contribution in [0.25, 0.3) is 0 Å². The van der Waals surface area contributed by atoms with Gasteiger partial charge in [0, 0.05) is 12.6 Å². The first-order valence-electron chi connectivity index (χ1n) is 7.26. The van der Waals surface area contributed by atoms with Gasteiger partial charge in [0.15, 0.2) is 0 Å². The lowest BCUT2D eigenvalue weighted by Gasteiger charge is -2.07. The molecular formula is C15H23N3O. The van der Waals surface area contributed by atoms with Crippen molar-refractivity contribution in [3.8, 4) is 0 Å². The number of anilines is 1. The molecule has 19 heavy (non-hydrogen) atoms. The largest absolute Gasteiger partial charge is 0.370 e. The molecule has 1 aliphatic carbocycles. The van der Waals surface area contributed by atoms with E-state index in [0.29, 0.717) is 17.7 Å². The number of amides is 1. The Morgan fingerprint density at radius 1 is 1.37 bits per heavy atom. The molecule has 0 aliphatic heterocycles. The second kappa shape index (κ2) is 6.55. The van der Waals surface area contributed by atoms with Gasteiger partial charge >= 0.3 is 0 Å². The molecule has 1 amide bonds. The van der Waals surface area contributed by atoms with Crippen molar-refractivity contribution >= 4 is 11.7 Å². The van der Waals surface area contributed by atoms with Gasteiger partial charge in [-0.05, 0) is 37.3 Å². The van der Waals surface area contributed by atoms with Crippen molar-refractivity contribution in [1.29, 1.82) is 0 Å². The monoisotopic (exact) mass is 261 g/mol. The molecule has 2 atom stereocenters. The third-order valence-corrected chi connectivity index (χ3v) is 3.44. The van der Waals surface area contributed by atoms with Crippen molar-refractivity contribution < 1.29 is 4.79 Å². The summed E-state index contributed by atoms with van der Waals surface area (Å²) in [5, 5.41) is 6.26. The average molecular weight is 261 g/mol. The summed E-state index contributed by atoms with van der Waals surface area (Å²) in [7, 11) is 0. The van der Waals surface area contributed by atoms with Crippen LogP contribution in [0.2, 0.25) is 0 Å². The average Bonchev–Trinajstić information content (AvgIpc) is 3.15. The molecule has 2 unspecified atom stereocenters. The molecule has 1 fully saturated rings. The fourth-order valence-electron chi connectivity index (χ4n) is 2.27. The van der Waals surface area contributed by atoms with Gasteiger partial charge in [-0.2, -0.15) is 0 Å². The lowest BCUT2D eigenvalue weighted by Crippen LogP contribution is -2.27. The Labute approximate surface area is 115 Å². The van der Waals surface area contributed by atoms with E-state index in [-0.39, 0.29) is 5.91 Å². The van der Waals surface area contributed by atoms with Crippen molar-refractivity contribution in [1.82, 2.24) is 10.3 Å². The maximum Gasteiger partial charge on any atom is 0.270 e. The van der Waals surface area contributed by atoms with E-state index < -0.39 is 0 Å². The van der Waals surface area contributed by atoms with E-state index in [1.54, 1.807) is 6.07 Å². The third-order valence-electron chi connectivity index (χ3n) is 3.44. The van der Waals surface area contributed by atoms with Crippen LogP contribution in [-0.2, 0) is 0 Å². The predicted octanol–water partition coefficient (Wildman–Crippen LogP) is 2.82.